The Kier molecular flexibility index (Phi) is 8.25. The van der Waals surface area contributed by atoms with Gasteiger partial charge in [-0.2, -0.15) is 0 Å². The van der Waals surface area contributed by atoms with Gasteiger partial charge in [-0.25, -0.2) is 15.0 Å². The van der Waals surface area contributed by atoms with E-state index in [0.29, 0.717) is 5.82 Å². The van der Waals surface area contributed by atoms with Gasteiger partial charge in [0.2, 0.25) is 0 Å². The molecule has 0 bridgehead atoms. The maximum Gasteiger partial charge on any atom is 0.160 e. The minimum atomic E-state index is 0.655. The summed E-state index contributed by atoms with van der Waals surface area (Å²) in [5.74, 6) is 0.655. The minimum Gasteiger partial charge on any atom is -0.309 e. The molecule has 0 radical (unpaired) electrons. The van der Waals surface area contributed by atoms with E-state index in [1.165, 1.54) is 54.0 Å². The first-order valence-electron chi connectivity index (χ1n) is 22.9. The van der Waals surface area contributed by atoms with Crippen LogP contribution >= 0.6 is 0 Å². The Morgan fingerprint density at radius 3 is 1.51 bits per heavy atom. The molecule has 0 atom stereocenters. The fourth-order valence-corrected chi connectivity index (χ4v) is 10.8. The summed E-state index contributed by atoms with van der Waals surface area (Å²) in [5, 5.41) is 15.4. The van der Waals surface area contributed by atoms with Gasteiger partial charge in [0, 0.05) is 54.9 Å². The summed E-state index contributed by atoms with van der Waals surface area (Å²) in [5.41, 5.74) is 11.1. The van der Waals surface area contributed by atoms with Crippen molar-refractivity contribution >= 4 is 86.6 Å². The third kappa shape index (κ3) is 5.83. The molecule has 14 rings (SSSR count). The highest BCUT2D eigenvalue weighted by molar-refractivity contribution is 6.29. The van der Waals surface area contributed by atoms with E-state index in [0.717, 1.165) is 77.6 Å². The highest BCUT2D eigenvalue weighted by Crippen LogP contribution is 2.44. The molecule has 3 heterocycles. The first-order valence-corrected chi connectivity index (χ1v) is 22.9. The van der Waals surface area contributed by atoms with Crippen molar-refractivity contribution in [1.82, 2.24) is 19.5 Å². The van der Waals surface area contributed by atoms with Crippen LogP contribution in [0.1, 0.15) is 0 Å². The number of fused-ring (bicyclic) bond motifs is 13. The zero-order valence-electron chi connectivity index (χ0n) is 36.2. The predicted octanol–water partition coefficient (Wildman–Crippen LogP) is 16.6. The van der Waals surface area contributed by atoms with E-state index in [1.807, 2.05) is 0 Å². The van der Waals surface area contributed by atoms with E-state index in [4.69, 9.17) is 15.0 Å². The van der Waals surface area contributed by atoms with E-state index < -0.39 is 0 Å². The number of aromatic nitrogens is 4. The number of rotatable bonds is 5. The minimum absolute atomic E-state index is 0.655. The van der Waals surface area contributed by atoms with Crippen molar-refractivity contribution in [3.8, 4) is 50.8 Å². The van der Waals surface area contributed by atoms with Gasteiger partial charge in [-0.15, -0.1) is 0 Å². The molecule has 0 amide bonds. The van der Waals surface area contributed by atoms with E-state index in [-0.39, 0.29) is 0 Å². The second kappa shape index (κ2) is 14.8. The van der Waals surface area contributed by atoms with Crippen molar-refractivity contribution in [2.75, 3.05) is 0 Å². The summed E-state index contributed by atoms with van der Waals surface area (Å²) in [4.78, 5) is 16.5. The fourth-order valence-electron chi connectivity index (χ4n) is 10.8. The van der Waals surface area contributed by atoms with Crippen LogP contribution in [0.4, 0.5) is 0 Å². The van der Waals surface area contributed by atoms with Gasteiger partial charge in [-0.1, -0.05) is 176 Å². The number of hydrogen-bond acceptors (Lipinski definition) is 3. The Balaban J connectivity index is 1.03. The van der Waals surface area contributed by atoms with Crippen LogP contribution in [0.15, 0.2) is 231 Å². The zero-order valence-corrected chi connectivity index (χ0v) is 36.2. The Morgan fingerprint density at radius 2 is 0.836 bits per heavy atom. The topological polar surface area (TPSA) is 43.6 Å². The third-order valence-electron chi connectivity index (χ3n) is 13.7. The molecule has 0 unspecified atom stereocenters. The smallest absolute Gasteiger partial charge is 0.160 e. The molecule has 11 aromatic carbocycles. The highest BCUT2D eigenvalue weighted by Gasteiger charge is 2.21. The molecular formula is C63H38N4. The molecule has 3 aromatic heterocycles. The van der Waals surface area contributed by atoms with Crippen molar-refractivity contribution in [3.05, 3.63) is 231 Å². The molecule has 4 heteroatoms. The molecule has 4 nitrogen and oxygen atoms in total. The van der Waals surface area contributed by atoms with E-state index in [2.05, 4.69) is 235 Å². The zero-order chi connectivity index (χ0) is 44.0. The van der Waals surface area contributed by atoms with Crippen molar-refractivity contribution in [1.29, 1.82) is 0 Å². The Bertz CT molecular complexity index is 4200. The lowest BCUT2D eigenvalue weighted by molar-refractivity contribution is 1.18. The van der Waals surface area contributed by atoms with Crippen LogP contribution in [0.2, 0.25) is 0 Å². The van der Waals surface area contributed by atoms with Crippen LogP contribution in [-0.2, 0) is 0 Å². The number of hydrogen-bond donors (Lipinski definition) is 0. The van der Waals surface area contributed by atoms with Crippen molar-refractivity contribution < 1.29 is 0 Å². The molecule has 0 aliphatic rings. The average molecular weight is 851 g/mol. The van der Waals surface area contributed by atoms with Crippen LogP contribution < -0.4 is 0 Å². The lowest BCUT2D eigenvalue weighted by atomic mass is 9.93. The summed E-state index contributed by atoms with van der Waals surface area (Å²) < 4.78 is 2.39. The van der Waals surface area contributed by atoms with E-state index >= 15 is 0 Å². The number of benzene rings is 11. The van der Waals surface area contributed by atoms with Crippen LogP contribution in [0.25, 0.3) is 137 Å². The van der Waals surface area contributed by atoms with Gasteiger partial charge in [-0.05, 0) is 97.7 Å². The standard InChI is InChI=1S/C63H38N4/c1-2-21-43(22-3-1)67-58-32-15-13-30-51(58)61-59(67)34-33-52-60(61)50-29-12-14-31-55(50)64-62(52)41-19-16-20-42(35-41)63-65-56(53-36-39-17-4-6-23-44(39)46-25-8-10-27-48(46)53)38-57(66-63)54-37-40-18-5-7-24-45(40)47-26-9-11-28-49(47)54/h1-38H. The number of nitrogens with zero attached hydrogens (tertiary/aromatic N) is 4. The largest absolute Gasteiger partial charge is 0.309 e. The highest BCUT2D eigenvalue weighted by atomic mass is 15.0. The van der Waals surface area contributed by atoms with Crippen LogP contribution in [0.5, 0.6) is 0 Å². The van der Waals surface area contributed by atoms with Gasteiger partial charge in [0.15, 0.2) is 5.82 Å². The first-order chi connectivity index (χ1) is 33.2. The molecule has 0 aliphatic heterocycles. The van der Waals surface area contributed by atoms with Crippen LogP contribution in [0, 0.1) is 0 Å². The van der Waals surface area contributed by atoms with Gasteiger partial charge < -0.3 is 4.57 Å². The first kappa shape index (κ1) is 37.4. The Morgan fingerprint density at radius 1 is 0.299 bits per heavy atom. The molecular weight excluding hydrogens is 813 g/mol. The Labute approximate surface area is 385 Å². The summed E-state index contributed by atoms with van der Waals surface area (Å²) in [7, 11) is 0. The molecule has 0 aliphatic carbocycles. The van der Waals surface area contributed by atoms with Crippen molar-refractivity contribution in [2.45, 2.75) is 0 Å². The molecule has 67 heavy (non-hydrogen) atoms. The summed E-state index contributed by atoms with van der Waals surface area (Å²) in [6, 6.07) is 82.6. The predicted molar refractivity (Wildman–Crippen MR) is 281 cm³/mol. The average Bonchev–Trinajstić information content (AvgIpc) is 3.75. The van der Waals surface area contributed by atoms with E-state index in [1.54, 1.807) is 0 Å². The van der Waals surface area contributed by atoms with Crippen molar-refractivity contribution in [2.24, 2.45) is 0 Å². The molecule has 14 aromatic rings. The van der Waals surface area contributed by atoms with Gasteiger partial charge in [-0.3, -0.25) is 0 Å². The third-order valence-corrected chi connectivity index (χ3v) is 13.7. The molecule has 0 N–H and O–H groups in total. The van der Waals surface area contributed by atoms with Crippen molar-refractivity contribution in [3.63, 3.8) is 0 Å². The molecule has 0 spiro atoms. The lowest BCUT2D eigenvalue weighted by Crippen LogP contribution is -1.98. The maximum absolute atomic E-state index is 5.52. The molecule has 0 saturated heterocycles. The molecule has 0 fully saturated rings. The maximum atomic E-state index is 5.52. The monoisotopic (exact) mass is 850 g/mol. The SMILES string of the molecule is c1ccc(-n2c3ccccc3c3c4c(ccc32)c(-c2cccc(-c3nc(-c5cc6ccccc6c6ccccc56)cc(-c5cc6ccccc6c6ccccc56)n3)c2)nc2ccccc24)cc1. The Hall–Kier alpha value is -8.99. The van der Waals surface area contributed by atoms with E-state index in [9.17, 15) is 0 Å². The second-order valence-electron chi connectivity index (χ2n) is 17.5. The number of pyridine rings is 1. The summed E-state index contributed by atoms with van der Waals surface area (Å²) in [6.07, 6.45) is 0. The van der Waals surface area contributed by atoms with Crippen LogP contribution in [0.3, 0.4) is 0 Å². The van der Waals surface area contributed by atoms with Gasteiger partial charge in [0.1, 0.15) is 0 Å². The molecule has 310 valence electrons. The molecule has 0 saturated carbocycles. The summed E-state index contributed by atoms with van der Waals surface area (Å²) in [6.45, 7) is 0. The quantitative estimate of drug-likeness (QED) is 0.162. The normalized spacial score (nSPS) is 11.9. The second-order valence-corrected chi connectivity index (χ2v) is 17.5. The van der Waals surface area contributed by atoms with Gasteiger partial charge >= 0.3 is 0 Å². The van der Waals surface area contributed by atoms with Crippen LogP contribution in [-0.4, -0.2) is 19.5 Å². The summed E-state index contributed by atoms with van der Waals surface area (Å²) >= 11 is 0. The fraction of sp³-hybridized carbons (Fsp3) is 0. The van der Waals surface area contributed by atoms with Gasteiger partial charge in [0.25, 0.3) is 0 Å². The number of para-hydroxylation sites is 3. The van der Waals surface area contributed by atoms with Gasteiger partial charge in [0.05, 0.1) is 33.6 Å². The lowest BCUT2D eigenvalue weighted by Gasteiger charge is -2.16.